The van der Waals surface area contributed by atoms with E-state index in [0.717, 1.165) is 32.1 Å². The Bertz CT molecular complexity index is 388. The van der Waals surface area contributed by atoms with Gasteiger partial charge >= 0.3 is 0 Å². The molecule has 0 saturated heterocycles. The number of hydrogen-bond donors (Lipinski definition) is 3. The number of rotatable bonds is 2. The van der Waals surface area contributed by atoms with E-state index in [0.29, 0.717) is 11.5 Å². The highest BCUT2D eigenvalue weighted by Crippen LogP contribution is 2.23. The fourth-order valence-corrected chi connectivity index (χ4v) is 2.25. The predicted octanol–water partition coefficient (Wildman–Crippen LogP) is 1.82. The van der Waals surface area contributed by atoms with Crippen LogP contribution in [0.1, 0.15) is 32.1 Å². The molecule has 6 heteroatoms. The number of aromatic nitrogens is 2. The Kier molecular flexibility index (Phi) is 4.02. The monoisotopic (exact) mass is 256 g/mol. The molecule has 2 atom stereocenters. The molecule has 17 heavy (non-hydrogen) atoms. The van der Waals surface area contributed by atoms with Crippen molar-refractivity contribution in [2.75, 3.05) is 11.1 Å². The number of aliphatic hydroxyl groups is 1. The maximum absolute atomic E-state index is 9.99. The summed E-state index contributed by atoms with van der Waals surface area (Å²) in [6.07, 6.45) is 6.19. The summed E-state index contributed by atoms with van der Waals surface area (Å²) in [5.41, 5.74) is 6.21. The highest BCUT2D eigenvalue weighted by atomic mass is 35.5. The van der Waals surface area contributed by atoms with Gasteiger partial charge in [-0.1, -0.05) is 19.3 Å². The SMILES string of the molecule is Nc1cnc(Cl)nc1NC1CCCCCC1O. The third-order valence-electron chi connectivity index (χ3n) is 3.09. The highest BCUT2D eigenvalue weighted by molar-refractivity contribution is 6.28. The molecule has 1 fully saturated rings. The molecule has 1 heterocycles. The van der Waals surface area contributed by atoms with Crippen LogP contribution in [0.5, 0.6) is 0 Å². The van der Waals surface area contributed by atoms with Crippen LogP contribution in [0, 0.1) is 0 Å². The number of nitrogens with two attached hydrogens (primary N) is 1. The molecule has 0 aromatic carbocycles. The first-order valence-electron chi connectivity index (χ1n) is 5.89. The molecule has 0 bridgehead atoms. The van der Waals surface area contributed by atoms with Crippen LogP contribution in [-0.2, 0) is 0 Å². The minimum Gasteiger partial charge on any atom is -0.394 e. The molecule has 1 aliphatic carbocycles. The number of nitrogens with zero attached hydrogens (tertiary/aromatic N) is 2. The molecule has 0 amide bonds. The molecule has 5 nitrogen and oxygen atoms in total. The second kappa shape index (κ2) is 5.51. The van der Waals surface area contributed by atoms with E-state index in [9.17, 15) is 5.11 Å². The van der Waals surface area contributed by atoms with Gasteiger partial charge in [-0.15, -0.1) is 0 Å². The van der Waals surface area contributed by atoms with Gasteiger partial charge in [-0.25, -0.2) is 4.98 Å². The van der Waals surface area contributed by atoms with Gasteiger partial charge in [0.15, 0.2) is 5.82 Å². The van der Waals surface area contributed by atoms with Crippen molar-refractivity contribution in [1.29, 1.82) is 0 Å². The Hall–Kier alpha value is -1.07. The molecule has 1 aromatic heterocycles. The summed E-state index contributed by atoms with van der Waals surface area (Å²) in [6, 6.07) is -0.00855. The first-order chi connectivity index (χ1) is 8.16. The second-order valence-corrected chi connectivity index (χ2v) is 4.74. The van der Waals surface area contributed by atoms with Gasteiger partial charge < -0.3 is 16.2 Å². The van der Waals surface area contributed by atoms with Crippen LogP contribution in [0.3, 0.4) is 0 Å². The summed E-state index contributed by atoms with van der Waals surface area (Å²) in [6.45, 7) is 0. The lowest BCUT2D eigenvalue weighted by atomic mass is 10.1. The Labute approximate surface area is 105 Å². The van der Waals surface area contributed by atoms with E-state index < -0.39 is 0 Å². The molecule has 0 spiro atoms. The first kappa shape index (κ1) is 12.4. The van der Waals surface area contributed by atoms with E-state index in [1.807, 2.05) is 0 Å². The number of halogens is 1. The van der Waals surface area contributed by atoms with Crippen LogP contribution >= 0.6 is 11.6 Å². The van der Waals surface area contributed by atoms with Gasteiger partial charge in [-0.2, -0.15) is 4.98 Å². The smallest absolute Gasteiger partial charge is 0.224 e. The van der Waals surface area contributed by atoms with Crippen molar-refractivity contribution in [1.82, 2.24) is 9.97 Å². The number of aliphatic hydroxyl groups excluding tert-OH is 1. The van der Waals surface area contributed by atoms with Gasteiger partial charge in [0.2, 0.25) is 5.28 Å². The molecule has 1 aromatic rings. The third-order valence-corrected chi connectivity index (χ3v) is 3.27. The molecule has 94 valence electrons. The summed E-state index contributed by atoms with van der Waals surface area (Å²) in [7, 11) is 0. The Morgan fingerprint density at radius 1 is 1.35 bits per heavy atom. The zero-order chi connectivity index (χ0) is 12.3. The van der Waals surface area contributed by atoms with E-state index in [1.165, 1.54) is 6.20 Å². The minimum absolute atomic E-state index is 0.00855. The van der Waals surface area contributed by atoms with Crippen molar-refractivity contribution in [2.45, 2.75) is 44.2 Å². The maximum Gasteiger partial charge on any atom is 0.224 e. The van der Waals surface area contributed by atoms with Crippen molar-refractivity contribution in [3.8, 4) is 0 Å². The molecule has 0 radical (unpaired) electrons. The van der Waals surface area contributed by atoms with Crippen molar-refractivity contribution in [2.24, 2.45) is 0 Å². The topological polar surface area (TPSA) is 84.1 Å². The average molecular weight is 257 g/mol. The van der Waals surface area contributed by atoms with Gasteiger partial charge in [-0.3, -0.25) is 0 Å². The molecular formula is C11H17ClN4O. The van der Waals surface area contributed by atoms with Gasteiger partial charge in [0.25, 0.3) is 0 Å². The number of hydrogen-bond acceptors (Lipinski definition) is 5. The van der Waals surface area contributed by atoms with Gasteiger partial charge in [0.05, 0.1) is 24.0 Å². The fourth-order valence-electron chi connectivity index (χ4n) is 2.12. The molecule has 2 unspecified atom stereocenters. The summed E-state index contributed by atoms with van der Waals surface area (Å²) in [5, 5.41) is 13.3. The van der Waals surface area contributed by atoms with Gasteiger partial charge in [-0.05, 0) is 24.4 Å². The number of anilines is 2. The molecular weight excluding hydrogens is 240 g/mol. The van der Waals surface area contributed by atoms with Crippen molar-refractivity contribution < 1.29 is 5.11 Å². The first-order valence-corrected chi connectivity index (χ1v) is 6.27. The fraction of sp³-hybridized carbons (Fsp3) is 0.636. The molecule has 0 aliphatic heterocycles. The minimum atomic E-state index is -0.356. The molecule has 1 aliphatic rings. The van der Waals surface area contributed by atoms with E-state index in [2.05, 4.69) is 15.3 Å². The second-order valence-electron chi connectivity index (χ2n) is 4.40. The maximum atomic E-state index is 9.99. The van der Waals surface area contributed by atoms with E-state index in [-0.39, 0.29) is 17.4 Å². The third kappa shape index (κ3) is 3.20. The lowest BCUT2D eigenvalue weighted by Gasteiger charge is -2.22. The lowest BCUT2D eigenvalue weighted by molar-refractivity contribution is 0.144. The van der Waals surface area contributed by atoms with Crippen molar-refractivity contribution in [3.05, 3.63) is 11.5 Å². The number of nitrogen functional groups attached to an aromatic ring is 1. The van der Waals surface area contributed by atoms with Crippen LogP contribution in [0.2, 0.25) is 5.28 Å². The molecule has 2 rings (SSSR count). The Morgan fingerprint density at radius 2 is 2.12 bits per heavy atom. The summed E-state index contributed by atoms with van der Waals surface area (Å²) in [4.78, 5) is 7.84. The Morgan fingerprint density at radius 3 is 2.94 bits per heavy atom. The highest BCUT2D eigenvalue weighted by Gasteiger charge is 2.22. The van der Waals surface area contributed by atoms with E-state index >= 15 is 0 Å². The quantitative estimate of drug-likeness (QED) is 0.555. The lowest BCUT2D eigenvalue weighted by Crippen LogP contribution is -2.33. The van der Waals surface area contributed by atoms with Crippen molar-refractivity contribution in [3.63, 3.8) is 0 Å². The van der Waals surface area contributed by atoms with Crippen LogP contribution < -0.4 is 11.1 Å². The predicted molar refractivity (Wildman–Crippen MR) is 68.0 cm³/mol. The molecule has 1 saturated carbocycles. The summed E-state index contributed by atoms with van der Waals surface area (Å²) in [5.74, 6) is 0.510. The number of nitrogens with one attached hydrogen (secondary N) is 1. The Balaban J connectivity index is 2.10. The summed E-state index contributed by atoms with van der Waals surface area (Å²) < 4.78 is 0. The largest absolute Gasteiger partial charge is 0.394 e. The van der Waals surface area contributed by atoms with Crippen molar-refractivity contribution >= 4 is 23.1 Å². The van der Waals surface area contributed by atoms with E-state index in [4.69, 9.17) is 17.3 Å². The molecule has 4 N–H and O–H groups in total. The van der Waals surface area contributed by atoms with Crippen LogP contribution in [0.4, 0.5) is 11.5 Å². The van der Waals surface area contributed by atoms with Crippen LogP contribution in [0.25, 0.3) is 0 Å². The van der Waals surface area contributed by atoms with Gasteiger partial charge in [0, 0.05) is 0 Å². The van der Waals surface area contributed by atoms with Crippen LogP contribution in [-0.4, -0.2) is 27.2 Å². The average Bonchev–Trinajstić information content (AvgIpc) is 2.50. The summed E-state index contributed by atoms with van der Waals surface area (Å²) >= 11 is 5.72. The van der Waals surface area contributed by atoms with E-state index in [1.54, 1.807) is 0 Å². The zero-order valence-corrected chi connectivity index (χ0v) is 10.3. The standard InChI is InChI=1S/C11H17ClN4O/c12-11-14-6-7(13)10(16-11)15-8-4-2-1-3-5-9(8)17/h6,8-9,17H,1-5,13H2,(H,14,15,16). The van der Waals surface area contributed by atoms with Crippen LogP contribution in [0.15, 0.2) is 6.20 Å². The van der Waals surface area contributed by atoms with Gasteiger partial charge in [0.1, 0.15) is 0 Å². The normalized spacial score (nSPS) is 25.3. The zero-order valence-electron chi connectivity index (χ0n) is 9.56.